The van der Waals surface area contributed by atoms with E-state index in [1.165, 1.54) is 5.56 Å². The molecule has 138 valence electrons. The number of ether oxygens (including phenoxy) is 2. The van der Waals surface area contributed by atoms with Gasteiger partial charge < -0.3 is 9.47 Å². The molecule has 4 aromatic carbocycles. The van der Waals surface area contributed by atoms with Crippen LogP contribution in [0.1, 0.15) is 21.5 Å². The highest BCUT2D eigenvalue weighted by molar-refractivity contribution is 5.92. The molecular formula is C25H20O3. The van der Waals surface area contributed by atoms with E-state index in [1.54, 1.807) is 12.1 Å². The standard InChI is InChI=1S/C25H20O3/c1-18-6-13-23(14-7-18)27-17-19-8-10-21(11-9-19)25(26)28-24-15-12-20-4-2-3-5-22(20)16-24/h2-16H,17H2,1H3. The molecule has 0 amide bonds. The SMILES string of the molecule is Cc1ccc(OCc2ccc(C(=O)Oc3ccc4ccccc4c3)cc2)cc1. The number of fused-ring (bicyclic) bond motifs is 1. The summed E-state index contributed by atoms with van der Waals surface area (Å²) in [7, 11) is 0. The molecule has 0 heterocycles. The first kappa shape index (κ1) is 17.8. The van der Waals surface area contributed by atoms with Gasteiger partial charge in [-0.3, -0.25) is 0 Å². The Labute approximate surface area is 164 Å². The maximum atomic E-state index is 12.4. The number of aryl methyl sites for hydroxylation is 1. The predicted octanol–water partition coefficient (Wildman–Crippen LogP) is 5.95. The molecule has 0 fully saturated rings. The zero-order valence-corrected chi connectivity index (χ0v) is 15.6. The van der Waals surface area contributed by atoms with Crippen LogP contribution in [-0.2, 0) is 6.61 Å². The van der Waals surface area contributed by atoms with Crippen molar-refractivity contribution in [2.24, 2.45) is 0 Å². The molecule has 0 atom stereocenters. The smallest absolute Gasteiger partial charge is 0.343 e. The van der Waals surface area contributed by atoms with Crippen molar-refractivity contribution in [3.63, 3.8) is 0 Å². The predicted molar refractivity (Wildman–Crippen MR) is 111 cm³/mol. The van der Waals surface area contributed by atoms with E-state index < -0.39 is 0 Å². The van der Waals surface area contributed by atoms with Crippen LogP contribution in [0.5, 0.6) is 11.5 Å². The molecule has 0 aliphatic carbocycles. The van der Waals surface area contributed by atoms with Crippen molar-refractivity contribution in [1.82, 2.24) is 0 Å². The minimum atomic E-state index is -0.374. The molecule has 0 spiro atoms. The van der Waals surface area contributed by atoms with E-state index in [-0.39, 0.29) is 5.97 Å². The lowest BCUT2D eigenvalue weighted by Crippen LogP contribution is -2.08. The third-order valence-corrected chi connectivity index (χ3v) is 4.55. The van der Waals surface area contributed by atoms with Gasteiger partial charge in [0.15, 0.2) is 0 Å². The minimum absolute atomic E-state index is 0.374. The molecule has 3 nitrogen and oxygen atoms in total. The average Bonchev–Trinajstić information content (AvgIpc) is 2.73. The number of carbonyl (C=O) groups excluding carboxylic acids is 1. The lowest BCUT2D eigenvalue weighted by molar-refractivity contribution is 0.0735. The van der Waals surface area contributed by atoms with Crippen molar-refractivity contribution in [3.8, 4) is 11.5 Å². The normalized spacial score (nSPS) is 10.6. The van der Waals surface area contributed by atoms with Gasteiger partial charge in [0, 0.05) is 0 Å². The third kappa shape index (κ3) is 4.21. The van der Waals surface area contributed by atoms with Gasteiger partial charge in [0.1, 0.15) is 18.1 Å². The van der Waals surface area contributed by atoms with Crippen molar-refractivity contribution < 1.29 is 14.3 Å². The Hall–Kier alpha value is -3.59. The maximum Gasteiger partial charge on any atom is 0.343 e. The van der Waals surface area contributed by atoms with Gasteiger partial charge >= 0.3 is 5.97 Å². The zero-order chi connectivity index (χ0) is 19.3. The van der Waals surface area contributed by atoms with Gasteiger partial charge in [-0.2, -0.15) is 0 Å². The van der Waals surface area contributed by atoms with E-state index in [2.05, 4.69) is 0 Å². The minimum Gasteiger partial charge on any atom is -0.489 e. The summed E-state index contributed by atoms with van der Waals surface area (Å²) in [6, 6.07) is 28.8. The van der Waals surface area contributed by atoms with Crippen LogP contribution < -0.4 is 9.47 Å². The Kier molecular flexibility index (Phi) is 5.07. The fourth-order valence-electron chi connectivity index (χ4n) is 2.94. The van der Waals surface area contributed by atoms with Crippen LogP contribution in [-0.4, -0.2) is 5.97 Å². The average molecular weight is 368 g/mol. The van der Waals surface area contributed by atoms with Gasteiger partial charge in [-0.1, -0.05) is 60.2 Å². The van der Waals surface area contributed by atoms with Crippen molar-refractivity contribution in [2.75, 3.05) is 0 Å². The summed E-state index contributed by atoms with van der Waals surface area (Å²) < 4.78 is 11.3. The van der Waals surface area contributed by atoms with Crippen molar-refractivity contribution in [1.29, 1.82) is 0 Å². The second-order valence-electron chi connectivity index (χ2n) is 6.70. The quantitative estimate of drug-likeness (QED) is 0.323. The monoisotopic (exact) mass is 368 g/mol. The molecular weight excluding hydrogens is 348 g/mol. The van der Waals surface area contributed by atoms with Crippen molar-refractivity contribution >= 4 is 16.7 Å². The Morgan fingerprint density at radius 2 is 1.43 bits per heavy atom. The molecule has 3 heteroatoms. The van der Waals surface area contributed by atoms with Crippen LogP contribution in [0.25, 0.3) is 10.8 Å². The van der Waals surface area contributed by atoms with E-state index in [4.69, 9.17) is 9.47 Å². The second-order valence-corrected chi connectivity index (χ2v) is 6.70. The van der Waals surface area contributed by atoms with E-state index >= 15 is 0 Å². The van der Waals surface area contributed by atoms with E-state index in [0.29, 0.717) is 17.9 Å². The molecule has 0 saturated carbocycles. The third-order valence-electron chi connectivity index (χ3n) is 4.55. The lowest BCUT2D eigenvalue weighted by Gasteiger charge is -2.08. The molecule has 0 unspecified atom stereocenters. The number of hydrogen-bond donors (Lipinski definition) is 0. The highest BCUT2D eigenvalue weighted by Gasteiger charge is 2.09. The van der Waals surface area contributed by atoms with Crippen LogP contribution in [0.15, 0.2) is 91.0 Å². The summed E-state index contributed by atoms with van der Waals surface area (Å²) in [5.41, 5.74) is 2.69. The highest BCUT2D eigenvalue weighted by atomic mass is 16.5. The number of rotatable bonds is 5. The molecule has 4 aromatic rings. The molecule has 0 saturated heterocycles. The molecule has 0 aromatic heterocycles. The molecule has 28 heavy (non-hydrogen) atoms. The van der Waals surface area contributed by atoms with Gasteiger partial charge in [-0.25, -0.2) is 4.79 Å². The molecule has 0 bridgehead atoms. The molecule has 0 aliphatic rings. The Morgan fingerprint density at radius 1 is 0.750 bits per heavy atom. The van der Waals surface area contributed by atoms with Gasteiger partial charge in [0.2, 0.25) is 0 Å². The summed E-state index contributed by atoms with van der Waals surface area (Å²) in [6.07, 6.45) is 0. The van der Waals surface area contributed by atoms with Crippen molar-refractivity contribution in [3.05, 3.63) is 108 Å². The Morgan fingerprint density at radius 3 is 2.18 bits per heavy atom. The Balaban J connectivity index is 1.39. The van der Waals surface area contributed by atoms with Gasteiger partial charge in [0.25, 0.3) is 0 Å². The second kappa shape index (κ2) is 7.97. The summed E-state index contributed by atoms with van der Waals surface area (Å²) in [5.74, 6) is 0.988. The number of benzene rings is 4. The molecule has 0 radical (unpaired) electrons. The summed E-state index contributed by atoms with van der Waals surface area (Å²) in [4.78, 5) is 12.4. The fourth-order valence-corrected chi connectivity index (χ4v) is 2.94. The Bertz CT molecular complexity index is 1100. The zero-order valence-electron chi connectivity index (χ0n) is 15.6. The summed E-state index contributed by atoms with van der Waals surface area (Å²) in [6.45, 7) is 2.49. The number of hydrogen-bond acceptors (Lipinski definition) is 3. The number of carbonyl (C=O) groups is 1. The van der Waals surface area contributed by atoms with Crippen molar-refractivity contribution in [2.45, 2.75) is 13.5 Å². The van der Waals surface area contributed by atoms with Gasteiger partial charge in [-0.05, 0) is 59.7 Å². The largest absolute Gasteiger partial charge is 0.489 e. The molecule has 0 N–H and O–H groups in total. The topological polar surface area (TPSA) is 35.5 Å². The molecule has 0 aliphatic heterocycles. The number of esters is 1. The fraction of sp³-hybridized carbons (Fsp3) is 0.0800. The van der Waals surface area contributed by atoms with Crippen LogP contribution in [0.2, 0.25) is 0 Å². The van der Waals surface area contributed by atoms with Crippen LogP contribution in [0.3, 0.4) is 0 Å². The van der Waals surface area contributed by atoms with E-state index in [9.17, 15) is 4.79 Å². The summed E-state index contributed by atoms with van der Waals surface area (Å²) >= 11 is 0. The maximum absolute atomic E-state index is 12.4. The van der Waals surface area contributed by atoms with E-state index in [0.717, 1.165) is 22.1 Å². The first-order valence-electron chi connectivity index (χ1n) is 9.17. The first-order valence-corrected chi connectivity index (χ1v) is 9.17. The lowest BCUT2D eigenvalue weighted by atomic mass is 10.1. The molecule has 4 rings (SSSR count). The van der Waals surface area contributed by atoms with Crippen LogP contribution in [0.4, 0.5) is 0 Å². The summed E-state index contributed by atoms with van der Waals surface area (Å²) in [5, 5.41) is 2.15. The van der Waals surface area contributed by atoms with E-state index in [1.807, 2.05) is 85.8 Å². The highest BCUT2D eigenvalue weighted by Crippen LogP contribution is 2.21. The van der Waals surface area contributed by atoms with Crippen LogP contribution in [0, 0.1) is 6.92 Å². The first-order chi connectivity index (χ1) is 13.7. The van der Waals surface area contributed by atoms with Gasteiger partial charge in [-0.15, -0.1) is 0 Å². The van der Waals surface area contributed by atoms with Gasteiger partial charge in [0.05, 0.1) is 5.56 Å². The van der Waals surface area contributed by atoms with Crippen LogP contribution >= 0.6 is 0 Å².